The number of nitro benzene ring substituents is 1. The first-order chi connectivity index (χ1) is 10.3. The highest BCUT2D eigenvalue weighted by Crippen LogP contribution is 2.27. The van der Waals surface area contributed by atoms with Crippen LogP contribution in [-0.4, -0.2) is 13.3 Å². The molecule has 2 rings (SSSR count). The second kappa shape index (κ2) is 6.10. The Labute approximate surface area is 130 Å². The van der Waals surface area contributed by atoms with Crippen LogP contribution in [0.3, 0.4) is 0 Å². The normalized spacial score (nSPS) is 10.9. The SMILES string of the molecule is N#Cc1ccc(NCc2ccc(S(N)(=O)=O)s2)c([N+](=O)[O-])c1. The van der Waals surface area contributed by atoms with Crippen molar-refractivity contribution in [3.63, 3.8) is 0 Å². The van der Waals surface area contributed by atoms with E-state index in [0.717, 1.165) is 11.3 Å². The maximum atomic E-state index is 11.2. The van der Waals surface area contributed by atoms with Crippen LogP contribution in [0, 0.1) is 21.4 Å². The number of nitrogens with zero attached hydrogens (tertiary/aromatic N) is 2. The summed E-state index contributed by atoms with van der Waals surface area (Å²) in [6.07, 6.45) is 0. The van der Waals surface area contributed by atoms with Crippen molar-refractivity contribution in [3.05, 3.63) is 50.9 Å². The van der Waals surface area contributed by atoms with Gasteiger partial charge in [0.2, 0.25) is 10.0 Å². The van der Waals surface area contributed by atoms with Crippen LogP contribution >= 0.6 is 11.3 Å². The highest BCUT2D eigenvalue weighted by Gasteiger charge is 2.15. The van der Waals surface area contributed by atoms with E-state index < -0.39 is 14.9 Å². The molecule has 1 heterocycles. The minimum absolute atomic E-state index is 0.0265. The summed E-state index contributed by atoms with van der Waals surface area (Å²) in [5.41, 5.74) is 0.210. The van der Waals surface area contributed by atoms with E-state index in [2.05, 4.69) is 5.32 Å². The first-order valence-electron chi connectivity index (χ1n) is 5.85. The maximum Gasteiger partial charge on any atom is 0.293 e. The number of rotatable bonds is 5. The second-order valence-corrected chi connectivity index (χ2v) is 7.18. The number of nitrogens with one attached hydrogen (secondary N) is 1. The van der Waals surface area contributed by atoms with Crippen molar-refractivity contribution in [1.29, 1.82) is 5.26 Å². The van der Waals surface area contributed by atoms with E-state index in [1.807, 2.05) is 6.07 Å². The highest BCUT2D eigenvalue weighted by atomic mass is 32.2. The van der Waals surface area contributed by atoms with Crippen LogP contribution in [0.15, 0.2) is 34.5 Å². The molecule has 0 aliphatic rings. The predicted molar refractivity (Wildman–Crippen MR) is 80.8 cm³/mol. The van der Waals surface area contributed by atoms with Gasteiger partial charge in [-0.15, -0.1) is 11.3 Å². The fourth-order valence-corrected chi connectivity index (χ4v) is 3.41. The molecule has 0 saturated carbocycles. The number of anilines is 1. The monoisotopic (exact) mass is 338 g/mol. The molecule has 0 aliphatic heterocycles. The molecule has 3 N–H and O–H groups in total. The number of hydrogen-bond acceptors (Lipinski definition) is 7. The molecular weight excluding hydrogens is 328 g/mol. The number of thiophene rings is 1. The van der Waals surface area contributed by atoms with Crippen LogP contribution in [0.2, 0.25) is 0 Å². The van der Waals surface area contributed by atoms with Crippen molar-refractivity contribution < 1.29 is 13.3 Å². The molecule has 114 valence electrons. The predicted octanol–water partition coefficient (Wildman–Crippen LogP) is 1.79. The standard InChI is InChI=1S/C12H10N4O4S2/c13-6-8-1-3-10(11(5-8)16(17)18)15-7-9-2-4-12(21-9)22(14,19)20/h1-5,15H,7H2,(H2,14,19,20). The van der Waals surface area contributed by atoms with Gasteiger partial charge in [0.15, 0.2) is 0 Å². The van der Waals surface area contributed by atoms with Crippen LogP contribution in [0.1, 0.15) is 10.4 Å². The lowest BCUT2D eigenvalue weighted by molar-refractivity contribution is -0.384. The molecule has 10 heteroatoms. The van der Waals surface area contributed by atoms with Crippen LogP contribution in [0.5, 0.6) is 0 Å². The van der Waals surface area contributed by atoms with E-state index >= 15 is 0 Å². The lowest BCUT2D eigenvalue weighted by Gasteiger charge is -2.05. The summed E-state index contributed by atoms with van der Waals surface area (Å²) in [5, 5.41) is 27.6. The Morgan fingerprint density at radius 3 is 2.64 bits per heavy atom. The zero-order valence-corrected chi connectivity index (χ0v) is 12.6. The summed E-state index contributed by atoms with van der Waals surface area (Å²) >= 11 is 0.983. The van der Waals surface area contributed by atoms with Crippen LogP contribution in [0.25, 0.3) is 0 Å². The Morgan fingerprint density at radius 2 is 2.09 bits per heavy atom. The molecule has 0 radical (unpaired) electrons. The van der Waals surface area contributed by atoms with Crippen molar-refractivity contribution in [2.75, 3.05) is 5.32 Å². The molecule has 2 aromatic rings. The number of sulfonamides is 1. The number of nitro groups is 1. The lowest BCUT2D eigenvalue weighted by Crippen LogP contribution is -2.09. The highest BCUT2D eigenvalue weighted by molar-refractivity contribution is 7.91. The maximum absolute atomic E-state index is 11.2. The van der Waals surface area contributed by atoms with Gasteiger partial charge in [0.25, 0.3) is 5.69 Å². The minimum atomic E-state index is -3.75. The van der Waals surface area contributed by atoms with Crippen LogP contribution in [0.4, 0.5) is 11.4 Å². The van der Waals surface area contributed by atoms with Gasteiger partial charge in [0.1, 0.15) is 9.90 Å². The molecule has 0 bridgehead atoms. The molecule has 0 fully saturated rings. The number of hydrogen-bond donors (Lipinski definition) is 2. The second-order valence-electron chi connectivity index (χ2n) is 4.22. The molecule has 0 amide bonds. The summed E-state index contributed by atoms with van der Waals surface area (Å²) in [5.74, 6) is 0. The van der Waals surface area contributed by atoms with Crippen molar-refractivity contribution in [2.24, 2.45) is 5.14 Å². The van der Waals surface area contributed by atoms with Gasteiger partial charge in [-0.2, -0.15) is 5.26 Å². The number of nitriles is 1. The molecule has 0 spiro atoms. The smallest absolute Gasteiger partial charge is 0.293 e. The van der Waals surface area contributed by atoms with E-state index in [0.29, 0.717) is 4.88 Å². The van der Waals surface area contributed by atoms with E-state index in [1.54, 1.807) is 6.07 Å². The third-order valence-corrected chi connectivity index (χ3v) is 5.22. The van der Waals surface area contributed by atoms with Gasteiger partial charge in [-0.05, 0) is 24.3 Å². The molecule has 22 heavy (non-hydrogen) atoms. The Morgan fingerprint density at radius 1 is 1.36 bits per heavy atom. The lowest BCUT2D eigenvalue weighted by atomic mass is 10.2. The average Bonchev–Trinajstić information content (AvgIpc) is 2.93. The Bertz CT molecular complexity index is 867. The zero-order valence-electron chi connectivity index (χ0n) is 11.0. The van der Waals surface area contributed by atoms with Crippen LogP contribution < -0.4 is 10.5 Å². The van der Waals surface area contributed by atoms with Gasteiger partial charge >= 0.3 is 0 Å². The zero-order chi connectivity index (χ0) is 16.3. The molecular formula is C12H10N4O4S2. The van der Waals surface area contributed by atoms with Gasteiger partial charge in [-0.3, -0.25) is 10.1 Å². The molecule has 1 aromatic heterocycles. The van der Waals surface area contributed by atoms with E-state index in [1.165, 1.54) is 24.3 Å². The first-order valence-corrected chi connectivity index (χ1v) is 8.21. The van der Waals surface area contributed by atoms with E-state index in [4.69, 9.17) is 10.4 Å². The van der Waals surface area contributed by atoms with E-state index in [9.17, 15) is 18.5 Å². The van der Waals surface area contributed by atoms with Gasteiger partial charge in [-0.1, -0.05) is 0 Å². The summed E-state index contributed by atoms with van der Waals surface area (Å²) in [6.45, 7) is 0.201. The number of benzene rings is 1. The number of nitrogens with two attached hydrogens (primary N) is 1. The van der Waals surface area contributed by atoms with Gasteiger partial charge in [-0.25, -0.2) is 13.6 Å². The summed E-state index contributed by atoms with van der Waals surface area (Å²) in [4.78, 5) is 11.1. The summed E-state index contributed by atoms with van der Waals surface area (Å²) < 4.78 is 22.4. The summed E-state index contributed by atoms with van der Waals surface area (Å²) in [7, 11) is -3.75. The first kappa shape index (κ1) is 15.9. The molecule has 0 atom stereocenters. The molecule has 8 nitrogen and oxygen atoms in total. The van der Waals surface area contributed by atoms with Gasteiger partial charge in [0, 0.05) is 17.5 Å². The van der Waals surface area contributed by atoms with Gasteiger partial charge in [0.05, 0.1) is 16.6 Å². The molecule has 1 aromatic carbocycles. The fraction of sp³-hybridized carbons (Fsp3) is 0.0833. The van der Waals surface area contributed by atoms with Crippen LogP contribution in [-0.2, 0) is 16.6 Å². The van der Waals surface area contributed by atoms with E-state index in [-0.39, 0.29) is 27.7 Å². The third kappa shape index (κ3) is 3.59. The van der Waals surface area contributed by atoms with Crippen molar-refractivity contribution in [2.45, 2.75) is 10.8 Å². The van der Waals surface area contributed by atoms with Gasteiger partial charge < -0.3 is 5.32 Å². The van der Waals surface area contributed by atoms with Crippen molar-refractivity contribution >= 4 is 32.7 Å². The topological polar surface area (TPSA) is 139 Å². The third-order valence-electron chi connectivity index (χ3n) is 2.69. The Hall–Kier alpha value is -2.48. The summed E-state index contributed by atoms with van der Waals surface area (Å²) in [6, 6.07) is 8.85. The molecule has 0 aliphatic carbocycles. The largest absolute Gasteiger partial charge is 0.375 e. The Balaban J connectivity index is 2.20. The average molecular weight is 338 g/mol. The van der Waals surface area contributed by atoms with Crippen molar-refractivity contribution in [1.82, 2.24) is 0 Å². The fourth-order valence-electron chi connectivity index (χ4n) is 1.69. The van der Waals surface area contributed by atoms with Crippen molar-refractivity contribution in [3.8, 4) is 6.07 Å². The minimum Gasteiger partial charge on any atom is -0.375 e. The molecule has 0 saturated heterocycles. The quantitative estimate of drug-likeness (QED) is 0.629. The number of primary sulfonamides is 1. The Kier molecular flexibility index (Phi) is 4.41. The molecule has 0 unspecified atom stereocenters.